The Morgan fingerprint density at radius 1 is 0.962 bits per heavy atom. The molecule has 1 aliphatic rings. The smallest absolute Gasteiger partial charge is 0.262 e. The van der Waals surface area contributed by atoms with Gasteiger partial charge in [0.2, 0.25) is 5.91 Å². The van der Waals surface area contributed by atoms with Gasteiger partial charge < -0.3 is 19.9 Å². The highest BCUT2D eigenvalue weighted by Crippen LogP contribution is 2.26. The fourth-order valence-corrected chi connectivity index (χ4v) is 2.97. The van der Waals surface area contributed by atoms with Crippen LogP contribution in [0.1, 0.15) is 6.92 Å². The van der Waals surface area contributed by atoms with Gasteiger partial charge in [-0.15, -0.1) is 0 Å². The largest absolute Gasteiger partial charge is 0.484 e. The average Bonchev–Trinajstić information content (AvgIpc) is 2.68. The van der Waals surface area contributed by atoms with Gasteiger partial charge in [-0.1, -0.05) is 30.3 Å². The standard InChI is InChI=1S/C20H23N3O3/c1-16(24)22-11-13-23(14-12-22)19-10-6-5-9-18(19)21-20(25)15-26-17-7-3-2-4-8-17/h2-10H,11-15H2,1H3,(H,21,25). The Labute approximate surface area is 153 Å². The molecule has 1 fully saturated rings. The van der Waals surface area contributed by atoms with Gasteiger partial charge in [0.15, 0.2) is 6.61 Å². The lowest BCUT2D eigenvalue weighted by Gasteiger charge is -2.36. The maximum atomic E-state index is 12.3. The Morgan fingerprint density at radius 2 is 1.62 bits per heavy atom. The third kappa shape index (κ3) is 4.53. The second-order valence-electron chi connectivity index (χ2n) is 6.16. The molecular weight excluding hydrogens is 330 g/mol. The lowest BCUT2D eigenvalue weighted by atomic mass is 10.2. The minimum absolute atomic E-state index is 0.0452. The highest BCUT2D eigenvalue weighted by atomic mass is 16.5. The molecule has 0 spiro atoms. The number of hydrogen-bond donors (Lipinski definition) is 1. The summed E-state index contributed by atoms with van der Waals surface area (Å²) in [6, 6.07) is 17.0. The maximum absolute atomic E-state index is 12.3. The van der Waals surface area contributed by atoms with Crippen molar-refractivity contribution in [2.24, 2.45) is 0 Å². The zero-order chi connectivity index (χ0) is 18.4. The van der Waals surface area contributed by atoms with E-state index in [1.54, 1.807) is 6.92 Å². The Bertz CT molecular complexity index is 756. The van der Waals surface area contributed by atoms with Crippen LogP contribution in [0.2, 0.25) is 0 Å². The molecule has 6 heteroatoms. The molecule has 2 aromatic carbocycles. The van der Waals surface area contributed by atoms with Crippen molar-refractivity contribution < 1.29 is 14.3 Å². The maximum Gasteiger partial charge on any atom is 0.262 e. The molecule has 2 amide bonds. The van der Waals surface area contributed by atoms with E-state index in [4.69, 9.17) is 4.74 Å². The van der Waals surface area contributed by atoms with E-state index in [0.717, 1.165) is 24.5 Å². The topological polar surface area (TPSA) is 61.9 Å². The van der Waals surface area contributed by atoms with Crippen molar-refractivity contribution in [1.82, 2.24) is 4.90 Å². The van der Waals surface area contributed by atoms with Crippen molar-refractivity contribution in [3.63, 3.8) is 0 Å². The second kappa shape index (κ2) is 8.38. The van der Waals surface area contributed by atoms with Crippen molar-refractivity contribution >= 4 is 23.2 Å². The van der Waals surface area contributed by atoms with Gasteiger partial charge >= 0.3 is 0 Å². The quantitative estimate of drug-likeness (QED) is 0.896. The van der Waals surface area contributed by atoms with Crippen LogP contribution < -0.4 is 15.0 Å². The minimum atomic E-state index is -0.205. The van der Waals surface area contributed by atoms with Crippen molar-refractivity contribution in [3.05, 3.63) is 54.6 Å². The summed E-state index contributed by atoms with van der Waals surface area (Å²) in [4.78, 5) is 27.8. The SMILES string of the molecule is CC(=O)N1CCN(c2ccccc2NC(=O)COc2ccccc2)CC1. The number of benzene rings is 2. The van der Waals surface area contributed by atoms with Gasteiger partial charge in [0.05, 0.1) is 11.4 Å². The van der Waals surface area contributed by atoms with Crippen molar-refractivity contribution in [2.75, 3.05) is 43.0 Å². The first-order valence-corrected chi connectivity index (χ1v) is 8.70. The van der Waals surface area contributed by atoms with E-state index in [1.807, 2.05) is 59.5 Å². The van der Waals surface area contributed by atoms with E-state index >= 15 is 0 Å². The molecule has 0 saturated carbocycles. The van der Waals surface area contributed by atoms with E-state index in [9.17, 15) is 9.59 Å². The lowest BCUT2D eigenvalue weighted by Crippen LogP contribution is -2.48. The number of rotatable bonds is 5. The number of para-hydroxylation sites is 3. The lowest BCUT2D eigenvalue weighted by molar-refractivity contribution is -0.129. The normalized spacial score (nSPS) is 14.0. The number of nitrogens with one attached hydrogen (secondary N) is 1. The van der Waals surface area contributed by atoms with Gasteiger partial charge in [0.25, 0.3) is 5.91 Å². The van der Waals surface area contributed by atoms with Crippen molar-refractivity contribution in [1.29, 1.82) is 0 Å². The highest BCUT2D eigenvalue weighted by Gasteiger charge is 2.21. The van der Waals surface area contributed by atoms with Gasteiger partial charge in [-0.05, 0) is 24.3 Å². The van der Waals surface area contributed by atoms with Crippen molar-refractivity contribution in [2.45, 2.75) is 6.92 Å². The predicted octanol–water partition coefficient (Wildman–Crippen LogP) is 2.37. The molecule has 0 unspecified atom stereocenters. The fraction of sp³-hybridized carbons (Fsp3) is 0.300. The van der Waals surface area contributed by atoms with E-state index in [2.05, 4.69) is 10.2 Å². The van der Waals surface area contributed by atoms with Gasteiger partial charge in [0.1, 0.15) is 5.75 Å². The number of amides is 2. The number of carbonyl (C=O) groups is 2. The Balaban J connectivity index is 1.60. The van der Waals surface area contributed by atoms with Crippen LogP contribution in [0.5, 0.6) is 5.75 Å². The summed E-state index contributed by atoms with van der Waals surface area (Å²) in [5.41, 5.74) is 1.72. The van der Waals surface area contributed by atoms with Gasteiger partial charge in [-0.2, -0.15) is 0 Å². The van der Waals surface area contributed by atoms with Gasteiger partial charge in [-0.3, -0.25) is 9.59 Å². The summed E-state index contributed by atoms with van der Waals surface area (Å²) in [6.45, 7) is 4.41. The molecule has 1 heterocycles. The highest BCUT2D eigenvalue weighted by molar-refractivity contribution is 5.95. The zero-order valence-corrected chi connectivity index (χ0v) is 14.9. The Kier molecular flexibility index (Phi) is 5.73. The summed E-state index contributed by atoms with van der Waals surface area (Å²) in [7, 11) is 0. The molecule has 26 heavy (non-hydrogen) atoms. The predicted molar refractivity (Wildman–Crippen MR) is 101 cm³/mol. The molecule has 0 radical (unpaired) electrons. The molecule has 0 atom stereocenters. The van der Waals surface area contributed by atoms with Crippen LogP contribution in [0.4, 0.5) is 11.4 Å². The fourth-order valence-electron chi connectivity index (χ4n) is 2.97. The van der Waals surface area contributed by atoms with Crippen LogP contribution in [0.25, 0.3) is 0 Å². The van der Waals surface area contributed by atoms with Crippen LogP contribution >= 0.6 is 0 Å². The van der Waals surface area contributed by atoms with Crippen LogP contribution in [-0.2, 0) is 9.59 Å². The van der Waals surface area contributed by atoms with Crippen LogP contribution in [0.3, 0.4) is 0 Å². The number of anilines is 2. The molecule has 136 valence electrons. The third-order valence-electron chi connectivity index (χ3n) is 4.36. The average molecular weight is 353 g/mol. The molecular formula is C20H23N3O3. The van der Waals surface area contributed by atoms with Crippen LogP contribution in [-0.4, -0.2) is 49.5 Å². The zero-order valence-electron chi connectivity index (χ0n) is 14.9. The first kappa shape index (κ1) is 17.8. The molecule has 2 aromatic rings. The number of nitrogens with zero attached hydrogens (tertiary/aromatic N) is 2. The Morgan fingerprint density at radius 3 is 2.31 bits per heavy atom. The van der Waals surface area contributed by atoms with Gasteiger partial charge in [-0.25, -0.2) is 0 Å². The number of hydrogen-bond acceptors (Lipinski definition) is 4. The van der Waals surface area contributed by atoms with E-state index < -0.39 is 0 Å². The summed E-state index contributed by atoms with van der Waals surface area (Å²) >= 11 is 0. The molecule has 0 bridgehead atoms. The first-order valence-electron chi connectivity index (χ1n) is 8.70. The molecule has 0 aliphatic carbocycles. The van der Waals surface area contributed by atoms with E-state index in [-0.39, 0.29) is 18.4 Å². The number of piperazine rings is 1. The van der Waals surface area contributed by atoms with E-state index in [1.165, 1.54) is 0 Å². The summed E-state index contributed by atoms with van der Waals surface area (Å²) in [5.74, 6) is 0.560. The molecule has 1 N–H and O–H groups in total. The van der Waals surface area contributed by atoms with Crippen LogP contribution in [0, 0.1) is 0 Å². The molecule has 0 aromatic heterocycles. The third-order valence-corrected chi connectivity index (χ3v) is 4.36. The minimum Gasteiger partial charge on any atom is -0.484 e. The van der Waals surface area contributed by atoms with Crippen molar-refractivity contribution in [3.8, 4) is 5.75 Å². The molecule has 3 rings (SSSR count). The molecule has 6 nitrogen and oxygen atoms in total. The summed E-state index contributed by atoms with van der Waals surface area (Å²) < 4.78 is 5.50. The Hall–Kier alpha value is -3.02. The summed E-state index contributed by atoms with van der Waals surface area (Å²) in [6.07, 6.45) is 0. The molecule has 1 saturated heterocycles. The van der Waals surface area contributed by atoms with Crippen LogP contribution in [0.15, 0.2) is 54.6 Å². The second-order valence-corrected chi connectivity index (χ2v) is 6.16. The van der Waals surface area contributed by atoms with Gasteiger partial charge in [0, 0.05) is 33.1 Å². The summed E-state index contributed by atoms with van der Waals surface area (Å²) in [5, 5.41) is 2.93. The number of ether oxygens (including phenoxy) is 1. The first-order chi connectivity index (χ1) is 12.6. The monoisotopic (exact) mass is 353 g/mol. The molecule has 1 aliphatic heterocycles. The number of carbonyl (C=O) groups excluding carboxylic acids is 2. The van der Waals surface area contributed by atoms with E-state index in [0.29, 0.717) is 18.8 Å².